The number of rotatable bonds is 17. The normalized spacial score (nSPS) is 10.7. The summed E-state index contributed by atoms with van der Waals surface area (Å²) in [6, 6.07) is 0. The van der Waals surface area contributed by atoms with Gasteiger partial charge in [0.15, 0.2) is 0 Å². The maximum absolute atomic E-state index is 11.3. The standard InChI is InChI=1S/C19H37NO3/c1-2-3-4-5-6-7-8-9-10-11-12-13-14-17-20-18(21)15-16-19(22)23/h2-17H2,1H3,(H,20,21)(H,22,23). The summed E-state index contributed by atoms with van der Waals surface area (Å²) in [5.41, 5.74) is 0. The highest BCUT2D eigenvalue weighted by atomic mass is 16.4. The summed E-state index contributed by atoms with van der Waals surface area (Å²) in [7, 11) is 0. The molecule has 0 radical (unpaired) electrons. The summed E-state index contributed by atoms with van der Waals surface area (Å²) in [5, 5.41) is 11.3. The van der Waals surface area contributed by atoms with Crippen LogP contribution in [0.5, 0.6) is 0 Å². The predicted molar refractivity (Wildman–Crippen MR) is 95.6 cm³/mol. The van der Waals surface area contributed by atoms with Crippen LogP contribution in [-0.4, -0.2) is 23.5 Å². The van der Waals surface area contributed by atoms with Crippen LogP contribution in [0.15, 0.2) is 0 Å². The first-order chi connectivity index (χ1) is 11.2. The van der Waals surface area contributed by atoms with Crippen molar-refractivity contribution < 1.29 is 14.7 Å². The molecule has 0 atom stereocenters. The molecule has 0 aromatic carbocycles. The van der Waals surface area contributed by atoms with E-state index in [1.807, 2.05) is 0 Å². The van der Waals surface area contributed by atoms with Crippen molar-refractivity contribution in [3.8, 4) is 0 Å². The Morgan fingerprint density at radius 3 is 1.57 bits per heavy atom. The molecule has 4 nitrogen and oxygen atoms in total. The third-order valence-electron chi connectivity index (χ3n) is 4.17. The number of carboxylic acid groups (broad SMARTS) is 1. The topological polar surface area (TPSA) is 66.4 Å². The average Bonchev–Trinajstić information content (AvgIpc) is 2.53. The fraction of sp³-hybridized carbons (Fsp3) is 0.895. The van der Waals surface area contributed by atoms with Crippen LogP contribution in [0.1, 0.15) is 103 Å². The van der Waals surface area contributed by atoms with Gasteiger partial charge in [-0.2, -0.15) is 0 Å². The summed E-state index contributed by atoms with van der Waals surface area (Å²) >= 11 is 0. The molecule has 0 aromatic rings. The lowest BCUT2D eigenvalue weighted by atomic mass is 10.0. The molecule has 0 saturated heterocycles. The number of carboxylic acids is 1. The van der Waals surface area contributed by atoms with Crippen LogP contribution in [0, 0.1) is 0 Å². The van der Waals surface area contributed by atoms with Gasteiger partial charge >= 0.3 is 5.97 Å². The lowest BCUT2D eigenvalue weighted by Crippen LogP contribution is -2.24. The fourth-order valence-electron chi connectivity index (χ4n) is 2.68. The van der Waals surface area contributed by atoms with Crippen molar-refractivity contribution in [3.63, 3.8) is 0 Å². The molecule has 0 aliphatic carbocycles. The minimum Gasteiger partial charge on any atom is -0.481 e. The molecule has 0 rings (SSSR count). The molecule has 0 heterocycles. The maximum atomic E-state index is 11.3. The Kier molecular flexibility index (Phi) is 16.5. The Labute approximate surface area is 142 Å². The third-order valence-corrected chi connectivity index (χ3v) is 4.17. The maximum Gasteiger partial charge on any atom is 0.303 e. The summed E-state index contributed by atoms with van der Waals surface area (Å²) < 4.78 is 0. The first-order valence-corrected chi connectivity index (χ1v) is 9.65. The van der Waals surface area contributed by atoms with E-state index in [1.54, 1.807) is 0 Å². The molecule has 0 aliphatic heterocycles. The molecule has 0 saturated carbocycles. The summed E-state index contributed by atoms with van der Waals surface area (Å²) in [6.45, 7) is 2.93. The van der Waals surface area contributed by atoms with E-state index < -0.39 is 5.97 Å². The van der Waals surface area contributed by atoms with Crippen LogP contribution in [0.3, 0.4) is 0 Å². The van der Waals surface area contributed by atoms with Crippen LogP contribution in [0.25, 0.3) is 0 Å². The number of nitrogens with one attached hydrogen (secondary N) is 1. The molecule has 4 heteroatoms. The van der Waals surface area contributed by atoms with Crippen LogP contribution < -0.4 is 5.32 Å². The van der Waals surface area contributed by atoms with Crippen LogP contribution in [0.2, 0.25) is 0 Å². The number of carbonyl (C=O) groups excluding carboxylic acids is 1. The van der Waals surface area contributed by atoms with E-state index in [4.69, 9.17) is 5.11 Å². The third kappa shape index (κ3) is 18.9. The van der Waals surface area contributed by atoms with E-state index >= 15 is 0 Å². The lowest BCUT2D eigenvalue weighted by Gasteiger charge is -2.05. The molecule has 0 spiro atoms. The minimum atomic E-state index is -0.916. The van der Waals surface area contributed by atoms with E-state index in [0.717, 1.165) is 12.8 Å². The Bertz CT molecular complexity index is 292. The lowest BCUT2D eigenvalue weighted by molar-refractivity contribution is -0.138. The smallest absolute Gasteiger partial charge is 0.303 e. The van der Waals surface area contributed by atoms with E-state index in [2.05, 4.69) is 12.2 Å². The Hall–Kier alpha value is -1.06. The number of hydrogen-bond donors (Lipinski definition) is 2. The first kappa shape index (κ1) is 21.9. The zero-order valence-electron chi connectivity index (χ0n) is 15.1. The number of amides is 1. The number of unbranched alkanes of at least 4 members (excludes halogenated alkanes) is 12. The molecule has 0 bridgehead atoms. The van der Waals surface area contributed by atoms with Gasteiger partial charge in [0.2, 0.25) is 5.91 Å². The second kappa shape index (κ2) is 17.3. The molecule has 0 aromatic heterocycles. The van der Waals surface area contributed by atoms with Gasteiger partial charge in [-0.05, 0) is 6.42 Å². The Morgan fingerprint density at radius 2 is 1.13 bits per heavy atom. The summed E-state index contributed by atoms with van der Waals surface area (Å²) in [6.07, 6.45) is 17.1. The molecule has 23 heavy (non-hydrogen) atoms. The molecular weight excluding hydrogens is 290 g/mol. The molecule has 0 aliphatic rings. The van der Waals surface area contributed by atoms with Gasteiger partial charge in [-0.25, -0.2) is 0 Å². The van der Waals surface area contributed by atoms with Crippen LogP contribution >= 0.6 is 0 Å². The second-order valence-corrected chi connectivity index (χ2v) is 6.49. The van der Waals surface area contributed by atoms with Crippen molar-refractivity contribution in [2.75, 3.05) is 6.54 Å². The highest BCUT2D eigenvalue weighted by molar-refractivity contribution is 5.80. The molecule has 136 valence electrons. The number of aliphatic carboxylic acids is 1. The van der Waals surface area contributed by atoms with Crippen LogP contribution in [0.4, 0.5) is 0 Å². The summed E-state index contributed by atoms with van der Waals surface area (Å²) in [5.74, 6) is -1.06. The molecule has 1 amide bonds. The highest BCUT2D eigenvalue weighted by Crippen LogP contribution is 2.12. The zero-order valence-corrected chi connectivity index (χ0v) is 15.1. The Balaban J connectivity index is 3.10. The van der Waals surface area contributed by atoms with Crippen molar-refractivity contribution in [1.82, 2.24) is 5.32 Å². The quantitative estimate of drug-likeness (QED) is 0.367. The van der Waals surface area contributed by atoms with Gasteiger partial charge in [0.05, 0.1) is 6.42 Å². The second-order valence-electron chi connectivity index (χ2n) is 6.49. The van der Waals surface area contributed by atoms with Gasteiger partial charge in [-0.3, -0.25) is 9.59 Å². The van der Waals surface area contributed by atoms with Crippen molar-refractivity contribution in [2.45, 2.75) is 103 Å². The highest BCUT2D eigenvalue weighted by Gasteiger charge is 2.03. The predicted octanol–water partition coefficient (Wildman–Crippen LogP) is 5.06. The van der Waals surface area contributed by atoms with E-state index in [1.165, 1.54) is 70.6 Å². The molecule has 0 unspecified atom stereocenters. The van der Waals surface area contributed by atoms with Crippen LogP contribution in [-0.2, 0) is 9.59 Å². The van der Waals surface area contributed by atoms with Gasteiger partial charge in [0.1, 0.15) is 0 Å². The SMILES string of the molecule is CCCCCCCCCCCCCCCNC(=O)CCC(=O)O. The fourth-order valence-corrected chi connectivity index (χ4v) is 2.68. The van der Waals surface area contributed by atoms with Crippen molar-refractivity contribution in [1.29, 1.82) is 0 Å². The molecular formula is C19H37NO3. The molecule has 0 fully saturated rings. The Morgan fingerprint density at radius 1 is 0.696 bits per heavy atom. The van der Waals surface area contributed by atoms with E-state index in [-0.39, 0.29) is 18.7 Å². The van der Waals surface area contributed by atoms with E-state index in [9.17, 15) is 9.59 Å². The van der Waals surface area contributed by atoms with Crippen molar-refractivity contribution in [3.05, 3.63) is 0 Å². The average molecular weight is 328 g/mol. The number of hydrogen-bond acceptors (Lipinski definition) is 2. The summed E-state index contributed by atoms with van der Waals surface area (Å²) in [4.78, 5) is 21.6. The monoisotopic (exact) mass is 327 g/mol. The van der Waals surface area contributed by atoms with Gasteiger partial charge in [-0.1, -0.05) is 84.0 Å². The number of carbonyl (C=O) groups is 2. The largest absolute Gasteiger partial charge is 0.481 e. The minimum absolute atomic E-state index is 0.0789. The zero-order chi connectivity index (χ0) is 17.2. The van der Waals surface area contributed by atoms with Crippen molar-refractivity contribution >= 4 is 11.9 Å². The van der Waals surface area contributed by atoms with Gasteiger partial charge in [0, 0.05) is 13.0 Å². The van der Waals surface area contributed by atoms with Gasteiger partial charge < -0.3 is 10.4 Å². The molecule has 2 N–H and O–H groups in total. The van der Waals surface area contributed by atoms with Gasteiger partial charge in [-0.15, -0.1) is 0 Å². The van der Waals surface area contributed by atoms with Gasteiger partial charge in [0.25, 0.3) is 0 Å². The van der Waals surface area contributed by atoms with E-state index in [0.29, 0.717) is 6.54 Å². The van der Waals surface area contributed by atoms with Crippen molar-refractivity contribution in [2.24, 2.45) is 0 Å². The first-order valence-electron chi connectivity index (χ1n) is 9.65.